The molecule has 0 aromatic carbocycles. The molecule has 3 rings (SSSR count). The molecule has 2 heterocycles. The van der Waals surface area contributed by atoms with Crippen molar-refractivity contribution in [2.24, 2.45) is 23.7 Å². The van der Waals surface area contributed by atoms with E-state index in [2.05, 4.69) is 16.1 Å². The fourth-order valence-corrected chi connectivity index (χ4v) is 5.66. The van der Waals surface area contributed by atoms with Crippen molar-refractivity contribution < 1.29 is 32.8 Å². The average Bonchev–Trinajstić information content (AvgIpc) is 3.56. The molecule has 3 aliphatic rings. The lowest BCUT2D eigenvalue weighted by molar-refractivity contribution is -0.150. The maximum Gasteiger partial charge on any atom is 0.291 e. The van der Waals surface area contributed by atoms with Gasteiger partial charge < -0.3 is 15.5 Å². The van der Waals surface area contributed by atoms with E-state index in [4.69, 9.17) is 11.6 Å². The van der Waals surface area contributed by atoms with Gasteiger partial charge >= 0.3 is 0 Å². The normalized spacial score (nSPS) is 28.1. The number of carbonyl (C=O) groups is 5. The van der Waals surface area contributed by atoms with Crippen molar-refractivity contribution in [3.63, 3.8) is 0 Å². The maximum atomic E-state index is 13.8. The zero-order valence-corrected chi connectivity index (χ0v) is 22.1. The predicted molar refractivity (Wildman–Crippen MR) is 130 cm³/mol. The van der Waals surface area contributed by atoms with Crippen molar-refractivity contribution in [2.75, 3.05) is 19.6 Å². The second-order valence-electron chi connectivity index (χ2n) is 10.3. The first-order valence-corrected chi connectivity index (χ1v) is 13.3. The van der Waals surface area contributed by atoms with Gasteiger partial charge in [-0.1, -0.05) is 38.3 Å². The molecule has 0 aromatic heterocycles. The van der Waals surface area contributed by atoms with Gasteiger partial charge in [0, 0.05) is 13.1 Å². The van der Waals surface area contributed by atoms with Crippen LogP contribution in [0.4, 0.5) is 8.78 Å². The third-order valence-corrected chi connectivity index (χ3v) is 8.03. The molecule has 3 fully saturated rings. The highest BCUT2D eigenvalue weighted by Crippen LogP contribution is 2.42. The summed E-state index contributed by atoms with van der Waals surface area (Å²) in [5.74, 6) is -4.78. The minimum Gasteiger partial charge on any atom is -0.356 e. The smallest absolute Gasteiger partial charge is 0.291 e. The van der Waals surface area contributed by atoms with Gasteiger partial charge in [0.25, 0.3) is 23.4 Å². The summed E-state index contributed by atoms with van der Waals surface area (Å²) in [5, 5.41) is 5.83. The van der Waals surface area contributed by atoms with E-state index in [1.807, 2.05) is 6.92 Å². The second kappa shape index (κ2) is 12.4. The minimum atomic E-state index is -2.43. The molecule has 37 heavy (non-hydrogen) atoms. The molecule has 0 radical (unpaired) electrons. The summed E-state index contributed by atoms with van der Waals surface area (Å²) in [5.41, 5.74) is -0.00708. The molecule has 2 saturated heterocycles. The second-order valence-corrected chi connectivity index (χ2v) is 10.7. The zero-order chi connectivity index (χ0) is 27.4. The largest absolute Gasteiger partial charge is 0.356 e. The molecule has 3 N–H and O–H groups in total. The Morgan fingerprint density at radius 2 is 1.89 bits per heavy atom. The van der Waals surface area contributed by atoms with Gasteiger partial charge in [-0.05, 0) is 43.9 Å². The van der Waals surface area contributed by atoms with Crippen molar-refractivity contribution in [1.82, 2.24) is 26.0 Å². The molecule has 5 amide bonds. The lowest BCUT2D eigenvalue weighted by Gasteiger charge is -2.34. The Morgan fingerprint density at radius 3 is 2.46 bits per heavy atom. The molecule has 0 spiro atoms. The van der Waals surface area contributed by atoms with Crippen LogP contribution in [0.25, 0.3) is 0 Å². The number of hydrazine groups is 1. The number of fused-ring (bicyclic) bond motifs is 1. The quantitative estimate of drug-likeness (QED) is 0.293. The number of likely N-dealkylation sites (tertiary alicyclic amines) is 1. The van der Waals surface area contributed by atoms with Crippen LogP contribution >= 0.6 is 11.6 Å². The van der Waals surface area contributed by atoms with Crippen LogP contribution < -0.4 is 16.1 Å². The van der Waals surface area contributed by atoms with Gasteiger partial charge in [-0.15, -0.1) is 0 Å². The first-order valence-electron chi connectivity index (χ1n) is 12.9. The van der Waals surface area contributed by atoms with E-state index < -0.39 is 53.4 Å². The Hall–Kier alpha value is -2.50. The average molecular weight is 548 g/mol. The van der Waals surface area contributed by atoms with E-state index >= 15 is 0 Å². The molecule has 1 unspecified atom stereocenters. The molecule has 2 aliphatic heterocycles. The predicted octanol–water partition coefficient (Wildman–Crippen LogP) is 1.03. The number of nitrogens with one attached hydrogen (secondary N) is 3. The van der Waals surface area contributed by atoms with Crippen LogP contribution in [0.5, 0.6) is 0 Å². The van der Waals surface area contributed by atoms with Crippen molar-refractivity contribution in [2.45, 2.75) is 76.8 Å². The molecular formula is C24H36ClF2N5O5. The molecule has 208 valence electrons. The molecule has 1 saturated carbocycles. The lowest BCUT2D eigenvalue weighted by atomic mass is 9.93. The van der Waals surface area contributed by atoms with E-state index in [1.165, 1.54) is 4.90 Å². The topological polar surface area (TPSA) is 128 Å². The summed E-state index contributed by atoms with van der Waals surface area (Å²) in [7, 11) is 0. The van der Waals surface area contributed by atoms with Crippen molar-refractivity contribution >= 4 is 41.1 Å². The molecule has 1 aliphatic carbocycles. The van der Waals surface area contributed by atoms with Crippen LogP contribution in [0.3, 0.4) is 0 Å². The van der Waals surface area contributed by atoms with Crippen LogP contribution in [0, 0.1) is 23.7 Å². The van der Waals surface area contributed by atoms with Gasteiger partial charge in [-0.3, -0.25) is 29.4 Å². The fraction of sp³-hybridized carbons (Fsp3) is 0.792. The van der Waals surface area contributed by atoms with Crippen molar-refractivity contribution in [3.8, 4) is 0 Å². The SMILES string of the molecule is CC[C@H](C)[C@H](NC(=O)C(C)F)C(=O)N1C[C@@H]2CCC[C@@H]2[C@H]1C(=O)NN(C[C@@H]1CCNC1=O)C(=O)[C@H](F)Cl. The van der Waals surface area contributed by atoms with Crippen molar-refractivity contribution in [3.05, 3.63) is 0 Å². The highest BCUT2D eigenvalue weighted by Gasteiger charge is 2.51. The number of carbonyl (C=O) groups excluding carboxylic acids is 5. The van der Waals surface area contributed by atoms with Crippen LogP contribution in [0.15, 0.2) is 0 Å². The third kappa shape index (κ3) is 6.50. The van der Waals surface area contributed by atoms with E-state index in [9.17, 15) is 32.8 Å². The number of alkyl halides is 3. The van der Waals surface area contributed by atoms with Gasteiger partial charge in [0.15, 0.2) is 6.17 Å². The van der Waals surface area contributed by atoms with Gasteiger partial charge in [0.1, 0.15) is 12.1 Å². The summed E-state index contributed by atoms with van der Waals surface area (Å²) in [6.07, 6.45) is 1.46. The summed E-state index contributed by atoms with van der Waals surface area (Å²) in [6, 6.07) is -2.02. The van der Waals surface area contributed by atoms with Gasteiger partial charge in [0.05, 0.1) is 12.5 Å². The molecule has 10 nitrogen and oxygen atoms in total. The maximum absolute atomic E-state index is 13.8. The Kier molecular flexibility index (Phi) is 9.71. The van der Waals surface area contributed by atoms with E-state index in [-0.39, 0.29) is 36.8 Å². The molecule has 0 bridgehead atoms. The Labute approximate surface area is 220 Å². The standard InChI is InChI=1S/C24H36ClF2N5O5/c1-4-12(2)17(29-20(33)13(3)26)23(36)31-10-14-6-5-7-16(14)18(31)22(35)30-32(24(37)19(25)27)11-15-8-9-28-21(15)34/h12-19H,4-11H2,1-3H3,(H,28,34)(H,29,33)(H,30,35)/t12-,13?,14-,15-,16-,17-,18-,19-/m0/s1. The number of hydrogen-bond donors (Lipinski definition) is 3. The Morgan fingerprint density at radius 1 is 1.19 bits per heavy atom. The summed E-state index contributed by atoms with van der Waals surface area (Å²) < 4.78 is 27.4. The number of rotatable bonds is 9. The van der Waals surface area contributed by atoms with Crippen molar-refractivity contribution in [1.29, 1.82) is 0 Å². The zero-order valence-electron chi connectivity index (χ0n) is 21.3. The summed E-state index contributed by atoms with van der Waals surface area (Å²) in [6.45, 7) is 5.07. The van der Waals surface area contributed by atoms with E-state index in [1.54, 1.807) is 6.92 Å². The van der Waals surface area contributed by atoms with Crippen LogP contribution in [-0.4, -0.2) is 83.0 Å². The Balaban J connectivity index is 1.84. The summed E-state index contributed by atoms with van der Waals surface area (Å²) in [4.78, 5) is 65.3. The highest BCUT2D eigenvalue weighted by molar-refractivity contribution is 6.29. The summed E-state index contributed by atoms with van der Waals surface area (Å²) >= 11 is 5.38. The van der Waals surface area contributed by atoms with E-state index in [0.29, 0.717) is 25.8 Å². The monoisotopic (exact) mass is 547 g/mol. The Bertz CT molecular complexity index is 907. The molecular weight excluding hydrogens is 512 g/mol. The number of nitrogens with zero attached hydrogens (tertiary/aromatic N) is 2. The first kappa shape index (κ1) is 29.1. The molecule has 0 aromatic rings. The van der Waals surface area contributed by atoms with Gasteiger partial charge in [-0.25, -0.2) is 13.8 Å². The third-order valence-electron chi connectivity index (χ3n) is 7.84. The lowest BCUT2D eigenvalue weighted by Crippen LogP contribution is -2.60. The van der Waals surface area contributed by atoms with Crippen LogP contribution in [0.1, 0.15) is 52.9 Å². The molecule has 13 heteroatoms. The number of amides is 5. The minimum absolute atomic E-state index is 0.0415. The number of hydrogen-bond acceptors (Lipinski definition) is 5. The van der Waals surface area contributed by atoms with Gasteiger partial charge in [0.2, 0.25) is 11.8 Å². The van der Waals surface area contributed by atoms with Crippen LogP contribution in [0.2, 0.25) is 0 Å². The fourth-order valence-electron chi connectivity index (χ4n) is 5.55. The van der Waals surface area contributed by atoms with Gasteiger partial charge in [-0.2, -0.15) is 0 Å². The highest BCUT2D eigenvalue weighted by atomic mass is 35.5. The number of halogens is 3. The first-order chi connectivity index (χ1) is 17.5. The van der Waals surface area contributed by atoms with Crippen LogP contribution in [-0.2, 0) is 24.0 Å². The van der Waals surface area contributed by atoms with E-state index in [0.717, 1.165) is 24.8 Å². The molecule has 8 atom stereocenters.